The van der Waals surface area contributed by atoms with Crippen LogP contribution in [0.1, 0.15) is 17.2 Å². The first-order chi connectivity index (χ1) is 6.77. The molecule has 0 unspecified atom stereocenters. The second-order valence-corrected chi connectivity index (χ2v) is 3.76. The standard InChI is InChI=1S/C11H16N2O/c1-8-6-9(2-3-11(8)14)10-7-12-4-5-13-10/h2-3,6,10,12-14H,4-5,7H2,1H3/t10-/m0/s1. The molecular weight excluding hydrogens is 176 g/mol. The van der Waals surface area contributed by atoms with E-state index in [0.717, 1.165) is 25.2 Å². The van der Waals surface area contributed by atoms with Gasteiger partial charge in [0.15, 0.2) is 0 Å². The summed E-state index contributed by atoms with van der Waals surface area (Å²) in [6.45, 7) is 4.93. The molecule has 1 aromatic carbocycles. The molecule has 1 aromatic rings. The summed E-state index contributed by atoms with van der Waals surface area (Å²) < 4.78 is 0. The van der Waals surface area contributed by atoms with Crippen LogP contribution >= 0.6 is 0 Å². The van der Waals surface area contributed by atoms with Crippen LogP contribution in [0.3, 0.4) is 0 Å². The average molecular weight is 192 g/mol. The Labute approximate surface area is 84.1 Å². The largest absolute Gasteiger partial charge is 0.508 e. The summed E-state index contributed by atoms with van der Waals surface area (Å²) in [5, 5.41) is 16.2. The summed E-state index contributed by atoms with van der Waals surface area (Å²) in [6.07, 6.45) is 0. The Kier molecular flexibility index (Phi) is 2.70. The molecule has 14 heavy (non-hydrogen) atoms. The van der Waals surface area contributed by atoms with Crippen molar-refractivity contribution in [1.82, 2.24) is 10.6 Å². The van der Waals surface area contributed by atoms with Crippen LogP contribution in [0.4, 0.5) is 0 Å². The van der Waals surface area contributed by atoms with Gasteiger partial charge in [-0.2, -0.15) is 0 Å². The minimum atomic E-state index is 0.373. The Balaban J connectivity index is 2.18. The molecule has 0 aliphatic carbocycles. The normalized spacial score (nSPS) is 22.2. The molecule has 0 radical (unpaired) electrons. The number of benzene rings is 1. The van der Waals surface area contributed by atoms with E-state index in [2.05, 4.69) is 10.6 Å². The van der Waals surface area contributed by atoms with Crippen LogP contribution < -0.4 is 10.6 Å². The number of phenolic OH excluding ortho intramolecular Hbond substituents is 1. The molecule has 1 aliphatic rings. The van der Waals surface area contributed by atoms with Crippen LogP contribution in [0.5, 0.6) is 5.75 Å². The fourth-order valence-corrected chi connectivity index (χ4v) is 1.78. The molecule has 0 bridgehead atoms. The van der Waals surface area contributed by atoms with Crippen molar-refractivity contribution < 1.29 is 5.11 Å². The van der Waals surface area contributed by atoms with E-state index >= 15 is 0 Å². The number of hydrogen-bond donors (Lipinski definition) is 3. The van der Waals surface area contributed by atoms with Gasteiger partial charge < -0.3 is 15.7 Å². The molecule has 1 atom stereocenters. The summed E-state index contributed by atoms with van der Waals surface area (Å²) in [4.78, 5) is 0. The molecule has 0 aromatic heterocycles. The topological polar surface area (TPSA) is 44.3 Å². The number of phenols is 1. The summed E-state index contributed by atoms with van der Waals surface area (Å²) in [5.74, 6) is 0.373. The molecule has 3 heteroatoms. The maximum Gasteiger partial charge on any atom is 0.118 e. The maximum atomic E-state index is 9.41. The van der Waals surface area contributed by atoms with Gasteiger partial charge in [0.2, 0.25) is 0 Å². The minimum Gasteiger partial charge on any atom is -0.508 e. The Morgan fingerprint density at radius 2 is 2.21 bits per heavy atom. The van der Waals surface area contributed by atoms with Gasteiger partial charge in [-0.25, -0.2) is 0 Å². The Hall–Kier alpha value is -1.06. The first kappa shape index (κ1) is 9.49. The number of hydrogen-bond acceptors (Lipinski definition) is 3. The highest BCUT2D eigenvalue weighted by atomic mass is 16.3. The Morgan fingerprint density at radius 1 is 1.36 bits per heavy atom. The highest BCUT2D eigenvalue weighted by molar-refractivity contribution is 5.36. The highest BCUT2D eigenvalue weighted by Crippen LogP contribution is 2.21. The fraction of sp³-hybridized carbons (Fsp3) is 0.455. The number of rotatable bonds is 1. The zero-order valence-corrected chi connectivity index (χ0v) is 8.38. The fourth-order valence-electron chi connectivity index (χ4n) is 1.78. The third-order valence-corrected chi connectivity index (χ3v) is 2.66. The van der Waals surface area contributed by atoms with Crippen molar-refractivity contribution in [1.29, 1.82) is 0 Å². The van der Waals surface area contributed by atoms with Gasteiger partial charge in [0, 0.05) is 25.7 Å². The van der Waals surface area contributed by atoms with E-state index in [-0.39, 0.29) is 0 Å². The summed E-state index contributed by atoms with van der Waals surface area (Å²) >= 11 is 0. The van der Waals surface area contributed by atoms with Gasteiger partial charge in [0.25, 0.3) is 0 Å². The lowest BCUT2D eigenvalue weighted by Crippen LogP contribution is -2.42. The van der Waals surface area contributed by atoms with Crippen molar-refractivity contribution in [3.63, 3.8) is 0 Å². The van der Waals surface area contributed by atoms with Crippen LogP contribution in [0.25, 0.3) is 0 Å². The number of nitrogens with one attached hydrogen (secondary N) is 2. The lowest BCUT2D eigenvalue weighted by atomic mass is 10.0. The SMILES string of the molecule is Cc1cc([C@@H]2CNCCN2)ccc1O. The number of aryl methyl sites for hydroxylation is 1. The highest BCUT2D eigenvalue weighted by Gasteiger charge is 2.14. The summed E-state index contributed by atoms with van der Waals surface area (Å²) in [6, 6.07) is 6.16. The third kappa shape index (κ3) is 1.89. The molecule has 2 rings (SSSR count). The summed E-state index contributed by atoms with van der Waals surface area (Å²) in [5.41, 5.74) is 2.18. The lowest BCUT2D eigenvalue weighted by Gasteiger charge is -2.25. The van der Waals surface area contributed by atoms with Crippen LogP contribution in [-0.4, -0.2) is 24.7 Å². The zero-order valence-electron chi connectivity index (χ0n) is 8.38. The van der Waals surface area contributed by atoms with Crippen molar-refractivity contribution >= 4 is 0 Å². The van der Waals surface area contributed by atoms with E-state index in [9.17, 15) is 5.11 Å². The van der Waals surface area contributed by atoms with Crippen LogP contribution in [0, 0.1) is 6.92 Å². The van der Waals surface area contributed by atoms with E-state index in [4.69, 9.17) is 0 Å². The quantitative estimate of drug-likeness (QED) is 0.620. The van der Waals surface area contributed by atoms with Crippen molar-refractivity contribution in [2.75, 3.05) is 19.6 Å². The second-order valence-electron chi connectivity index (χ2n) is 3.76. The van der Waals surface area contributed by atoms with E-state index in [0.29, 0.717) is 11.8 Å². The van der Waals surface area contributed by atoms with Crippen molar-refractivity contribution in [3.8, 4) is 5.75 Å². The molecule has 0 saturated carbocycles. The monoisotopic (exact) mass is 192 g/mol. The Morgan fingerprint density at radius 3 is 2.86 bits per heavy atom. The maximum absolute atomic E-state index is 9.41. The van der Waals surface area contributed by atoms with Gasteiger partial charge in [0.1, 0.15) is 5.75 Å². The molecule has 3 N–H and O–H groups in total. The van der Waals surface area contributed by atoms with E-state index in [1.54, 1.807) is 6.07 Å². The first-order valence-electron chi connectivity index (χ1n) is 5.01. The lowest BCUT2D eigenvalue weighted by molar-refractivity contribution is 0.428. The molecule has 1 aliphatic heterocycles. The molecule has 76 valence electrons. The molecule has 0 spiro atoms. The number of piperazine rings is 1. The predicted octanol–water partition coefficient (Wildman–Crippen LogP) is 0.935. The van der Waals surface area contributed by atoms with Gasteiger partial charge in [-0.1, -0.05) is 12.1 Å². The van der Waals surface area contributed by atoms with Gasteiger partial charge in [-0.3, -0.25) is 0 Å². The van der Waals surface area contributed by atoms with Crippen molar-refractivity contribution in [2.24, 2.45) is 0 Å². The molecule has 1 saturated heterocycles. The van der Waals surface area contributed by atoms with Crippen LogP contribution in [0.15, 0.2) is 18.2 Å². The van der Waals surface area contributed by atoms with Gasteiger partial charge in [-0.15, -0.1) is 0 Å². The van der Waals surface area contributed by atoms with Crippen LogP contribution in [0.2, 0.25) is 0 Å². The smallest absolute Gasteiger partial charge is 0.118 e. The van der Waals surface area contributed by atoms with Gasteiger partial charge >= 0.3 is 0 Å². The summed E-state index contributed by atoms with van der Waals surface area (Å²) in [7, 11) is 0. The first-order valence-corrected chi connectivity index (χ1v) is 5.01. The predicted molar refractivity (Wildman–Crippen MR) is 56.5 cm³/mol. The van der Waals surface area contributed by atoms with Gasteiger partial charge in [-0.05, 0) is 24.1 Å². The van der Waals surface area contributed by atoms with E-state index < -0.39 is 0 Å². The van der Waals surface area contributed by atoms with Crippen LogP contribution in [-0.2, 0) is 0 Å². The molecule has 3 nitrogen and oxygen atoms in total. The zero-order chi connectivity index (χ0) is 9.97. The van der Waals surface area contributed by atoms with Crippen molar-refractivity contribution in [3.05, 3.63) is 29.3 Å². The van der Waals surface area contributed by atoms with Gasteiger partial charge in [0.05, 0.1) is 0 Å². The van der Waals surface area contributed by atoms with Crippen molar-refractivity contribution in [2.45, 2.75) is 13.0 Å². The van der Waals surface area contributed by atoms with E-state index in [1.165, 1.54) is 5.56 Å². The third-order valence-electron chi connectivity index (χ3n) is 2.66. The molecule has 1 fully saturated rings. The molecule has 1 heterocycles. The average Bonchev–Trinajstić information content (AvgIpc) is 2.23. The number of aromatic hydroxyl groups is 1. The minimum absolute atomic E-state index is 0.373. The molecule has 0 amide bonds. The second kappa shape index (κ2) is 3.98. The Bertz CT molecular complexity index is 319. The molecular formula is C11H16N2O. The van der Waals surface area contributed by atoms with E-state index in [1.807, 2.05) is 19.1 Å².